The van der Waals surface area contributed by atoms with Gasteiger partial charge in [-0.1, -0.05) is 54.6 Å². The monoisotopic (exact) mass is 648 g/mol. The van der Waals surface area contributed by atoms with Crippen molar-refractivity contribution in [3.8, 4) is 0 Å². The van der Waals surface area contributed by atoms with E-state index in [0.717, 1.165) is 41.2 Å². The zero-order valence-electron chi connectivity index (χ0n) is 27.8. The van der Waals surface area contributed by atoms with Crippen molar-refractivity contribution in [3.05, 3.63) is 105 Å². The third-order valence-electron chi connectivity index (χ3n) is 8.70. The highest BCUT2D eigenvalue weighted by molar-refractivity contribution is 5.98. The Morgan fingerprint density at radius 1 is 0.792 bits per heavy atom. The molecule has 1 aliphatic rings. The predicted molar refractivity (Wildman–Crippen MR) is 192 cm³/mol. The first-order valence-electron chi connectivity index (χ1n) is 16.9. The van der Waals surface area contributed by atoms with Crippen LogP contribution < -0.4 is 26.1 Å². The summed E-state index contributed by atoms with van der Waals surface area (Å²) in [6.45, 7) is 7.16. The number of rotatable bonds is 14. The number of unbranched alkanes of at least 4 members (excludes halogenated alkanes) is 2. The van der Waals surface area contributed by atoms with Crippen LogP contribution in [0, 0.1) is 0 Å². The Bertz CT molecular complexity index is 1840. The first-order valence-corrected chi connectivity index (χ1v) is 16.9. The van der Waals surface area contributed by atoms with Gasteiger partial charge in [0.1, 0.15) is 11.1 Å². The second kappa shape index (κ2) is 16.6. The summed E-state index contributed by atoms with van der Waals surface area (Å²) in [7, 11) is 0. The number of para-hydroxylation sites is 1. The second-order valence-corrected chi connectivity index (χ2v) is 11.9. The van der Waals surface area contributed by atoms with Gasteiger partial charge < -0.3 is 24.9 Å². The van der Waals surface area contributed by atoms with Crippen LogP contribution in [-0.4, -0.2) is 43.9 Å². The van der Waals surface area contributed by atoms with E-state index in [0.29, 0.717) is 69.1 Å². The standard InChI is InChI=1S/C39H44N4O5/c1-3-42(4-2)32-22-21-30-25-33(39(47)48-35(30)26-32)38(46)41-24-12-11-23-40-36(44)17-9-10-18-37(45)43-27-31-15-6-5-13-28(31)19-20-29-14-7-8-16-34(29)43/h5-8,13-16,19-22,25-26H,3-4,9-12,17-18,23-24,27H2,1-2H3,(H,40,44)(H,41,46)/b20-19-. The molecule has 0 spiro atoms. The first kappa shape index (κ1) is 34.2. The largest absolute Gasteiger partial charge is 0.422 e. The summed E-state index contributed by atoms with van der Waals surface area (Å²) >= 11 is 0. The van der Waals surface area contributed by atoms with Gasteiger partial charge in [-0.2, -0.15) is 0 Å². The van der Waals surface area contributed by atoms with Gasteiger partial charge in [0.05, 0.1) is 12.2 Å². The molecule has 5 rings (SSSR count). The Balaban J connectivity index is 1.00. The normalized spacial score (nSPS) is 12.8. The van der Waals surface area contributed by atoms with Gasteiger partial charge in [0, 0.05) is 56.2 Å². The topological polar surface area (TPSA) is 112 Å². The molecule has 0 saturated carbocycles. The maximum atomic E-state index is 13.4. The summed E-state index contributed by atoms with van der Waals surface area (Å²) in [5.41, 5.74) is 4.82. The predicted octanol–water partition coefficient (Wildman–Crippen LogP) is 6.54. The van der Waals surface area contributed by atoms with E-state index < -0.39 is 11.5 Å². The molecule has 0 aliphatic carbocycles. The smallest absolute Gasteiger partial charge is 0.349 e. The van der Waals surface area contributed by atoms with E-state index >= 15 is 0 Å². The number of hydrogen-bond donors (Lipinski definition) is 2. The van der Waals surface area contributed by atoms with Gasteiger partial charge in [0.15, 0.2) is 0 Å². The lowest BCUT2D eigenvalue weighted by Crippen LogP contribution is -2.31. The highest BCUT2D eigenvalue weighted by atomic mass is 16.4. The molecule has 48 heavy (non-hydrogen) atoms. The summed E-state index contributed by atoms with van der Waals surface area (Å²) in [6, 6.07) is 23.2. The summed E-state index contributed by atoms with van der Waals surface area (Å²) in [4.78, 5) is 55.0. The maximum Gasteiger partial charge on any atom is 0.349 e. The van der Waals surface area contributed by atoms with E-state index in [1.54, 1.807) is 6.07 Å². The van der Waals surface area contributed by atoms with E-state index in [-0.39, 0.29) is 17.4 Å². The molecule has 1 aliphatic heterocycles. The molecule has 9 heteroatoms. The molecule has 1 aromatic heterocycles. The van der Waals surface area contributed by atoms with Crippen LogP contribution in [0.15, 0.2) is 82.0 Å². The summed E-state index contributed by atoms with van der Waals surface area (Å²) in [6.07, 6.45) is 7.41. The lowest BCUT2D eigenvalue weighted by Gasteiger charge is -2.27. The maximum absolute atomic E-state index is 13.4. The number of amides is 3. The lowest BCUT2D eigenvalue weighted by atomic mass is 10.0. The number of anilines is 2. The molecule has 250 valence electrons. The molecule has 0 radical (unpaired) electrons. The van der Waals surface area contributed by atoms with E-state index in [1.807, 2.05) is 59.5 Å². The van der Waals surface area contributed by atoms with Crippen molar-refractivity contribution in [2.24, 2.45) is 0 Å². The van der Waals surface area contributed by atoms with E-state index in [9.17, 15) is 19.2 Å². The van der Waals surface area contributed by atoms with Gasteiger partial charge in [-0.15, -0.1) is 0 Å². The molecule has 0 atom stereocenters. The molecule has 3 amide bonds. The molecule has 4 aromatic rings. The number of fused-ring (bicyclic) bond motifs is 3. The summed E-state index contributed by atoms with van der Waals surface area (Å²) < 4.78 is 5.47. The Labute approximate surface area is 281 Å². The minimum Gasteiger partial charge on any atom is -0.422 e. The quantitative estimate of drug-likeness (QED) is 0.119. The first-order chi connectivity index (χ1) is 23.4. The fourth-order valence-electron chi connectivity index (χ4n) is 5.98. The summed E-state index contributed by atoms with van der Waals surface area (Å²) in [5, 5.41) is 6.39. The SMILES string of the molecule is CCN(CC)c1ccc2cc(C(=O)NCCCCNC(=O)CCCCC(=O)N3Cc4ccccc4/C=C\c4ccccc43)c(=O)oc2c1. The molecule has 0 fully saturated rings. The van der Waals surface area contributed by atoms with Crippen LogP contribution in [0.1, 0.15) is 79.4 Å². The Morgan fingerprint density at radius 3 is 2.27 bits per heavy atom. The van der Waals surface area contributed by atoms with Crippen molar-refractivity contribution < 1.29 is 18.8 Å². The fraction of sp³-hybridized carbons (Fsp3) is 0.333. The molecule has 2 N–H and O–H groups in total. The van der Waals surface area contributed by atoms with Crippen LogP contribution in [-0.2, 0) is 16.1 Å². The van der Waals surface area contributed by atoms with Crippen LogP contribution in [0.4, 0.5) is 11.4 Å². The number of carbonyl (C=O) groups excluding carboxylic acids is 3. The van der Waals surface area contributed by atoms with Gasteiger partial charge in [-0.3, -0.25) is 14.4 Å². The Morgan fingerprint density at radius 2 is 1.48 bits per heavy atom. The average molecular weight is 649 g/mol. The van der Waals surface area contributed by atoms with Gasteiger partial charge in [0.2, 0.25) is 11.8 Å². The van der Waals surface area contributed by atoms with Gasteiger partial charge in [0.25, 0.3) is 5.91 Å². The van der Waals surface area contributed by atoms with Gasteiger partial charge in [-0.25, -0.2) is 4.79 Å². The van der Waals surface area contributed by atoms with Crippen LogP contribution >= 0.6 is 0 Å². The third kappa shape index (κ3) is 8.59. The van der Waals surface area contributed by atoms with Crippen molar-refractivity contribution in [3.63, 3.8) is 0 Å². The van der Waals surface area contributed by atoms with Crippen molar-refractivity contribution in [1.29, 1.82) is 0 Å². The zero-order chi connectivity index (χ0) is 33.9. The molecule has 0 unspecified atom stereocenters. The Hall–Kier alpha value is -5.18. The minimum atomic E-state index is -0.667. The number of nitrogens with one attached hydrogen (secondary N) is 2. The fourth-order valence-corrected chi connectivity index (χ4v) is 5.98. The van der Waals surface area contributed by atoms with E-state index in [1.165, 1.54) is 0 Å². The summed E-state index contributed by atoms with van der Waals surface area (Å²) in [5.74, 6) is -0.488. The number of nitrogens with zero attached hydrogens (tertiary/aromatic N) is 2. The van der Waals surface area contributed by atoms with Crippen LogP contribution in [0.2, 0.25) is 0 Å². The molecule has 0 saturated heterocycles. The van der Waals surface area contributed by atoms with Crippen LogP contribution in [0.3, 0.4) is 0 Å². The van der Waals surface area contributed by atoms with E-state index in [2.05, 4.69) is 53.7 Å². The molecular weight excluding hydrogens is 604 g/mol. The molecule has 0 bridgehead atoms. The van der Waals surface area contributed by atoms with Crippen molar-refractivity contribution >= 4 is 52.2 Å². The highest BCUT2D eigenvalue weighted by Crippen LogP contribution is 2.29. The molecule has 9 nitrogen and oxygen atoms in total. The molecular formula is C39H44N4O5. The zero-order valence-corrected chi connectivity index (χ0v) is 27.8. The number of carbonyl (C=O) groups is 3. The second-order valence-electron chi connectivity index (χ2n) is 11.9. The van der Waals surface area contributed by atoms with Crippen LogP contribution in [0.25, 0.3) is 23.1 Å². The average Bonchev–Trinajstić information content (AvgIpc) is 3.09. The van der Waals surface area contributed by atoms with Crippen molar-refractivity contribution in [2.45, 2.75) is 58.9 Å². The number of hydrogen-bond acceptors (Lipinski definition) is 6. The van der Waals surface area contributed by atoms with E-state index in [4.69, 9.17) is 4.42 Å². The number of benzene rings is 3. The van der Waals surface area contributed by atoms with Crippen molar-refractivity contribution in [1.82, 2.24) is 10.6 Å². The van der Waals surface area contributed by atoms with Crippen LogP contribution in [0.5, 0.6) is 0 Å². The van der Waals surface area contributed by atoms with Gasteiger partial charge >= 0.3 is 5.63 Å². The highest BCUT2D eigenvalue weighted by Gasteiger charge is 2.21. The Kier molecular flexibility index (Phi) is 11.8. The minimum absolute atomic E-state index is 0.0259. The molecule has 3 aromatic carbocycles. The molecule has 2 heterocycles. The van der Waals surface area contributed by atoms with Gasteiger partial charge in [-0.05, 0) is 80.5 Å². The lowest BCUT2D eigenvalue weighted by molar-refractivity contribution is -0.122. The third-order valence-corrected chi connectivity index (χ3v) is 8.70. The van der Waals surface area contributed by atoms with Crippen molar-refractivity contribution in [2.75, 3.05) is 36.0 Å².